The van der Waals surface area contributed by atoms with Crippen LogP contribution < -0.4 is 10.2 Å². The molecule has 8 heteroatoms. The molecule has 128 valence electrons. The molecule has 1 N–H and O–H groups in total. The number of rotatable bonds is 4. The van der Waals surface area contributed by atoms with E-state index in [-0.39, 0.29) is 30.1 Å². The molecule has 25 heavy (non-hydrogen) atoms. The van der Waals surface area contributed by atoms with E-state index in [1.807, 2.05) is 0 Å². The molecular formula is C17H14FN3O4. The van der Waals surface area contributed by atoms with Gasteiger partial charge in [0.2, 0.25) is 5.91 Å². The average Bonchev–Trinajstić information content (AvgIpc) is 2.96. The number of halogens is 1. The Morgan fingerprint density at radius 3 is 2.64 bits per heavy atom. The summed E-state index contributed by atoms with van der Waals surface area (Å²) in [6, 6.07) is 10.5. The summed E-state index contributed by atoms with van der Waals surface area (Å²) in [6.45, 7) is 0.255. The van der Waals surface area contributed by atoms with E-state index in [1.165, 1.54) is 53.4 Å². The van der Waals surface area contributed by atoms with Crippen molar-refractivity contribution in [3.63, 3.8) is 0 Å². The highest BCUT2D eigenvalue weighted by molar-refractivity contribution is 5.99. The first kappa shape index (κ1) is 16.6. The van der Waals surface area contributed by atoms with Gasteiger partial charge in [-0.2, -0.15) is 0 Å². The maximum Gasteiger partial charge on any atom is 0.270 e. The Hall–Kier alpha value is -3.29. The zero-order valence-corrected chi connectivity index (χ0v) is 13.0. The van der Waals surface area contributed by atoms with Crippen LogP contribution in [0.3, 0.4) is 0 Å². The van der Waals surface area contributed by atoms with E-state index in [0.29, 0.717) is 5.69 Å². The first-order valence-electron chi connectivity index (χ1n) is 7.55. The van der Waals surface area contributed by atoms with Crippen molar-refractivity contribution in [2.75, 3.05) is 11.4 Å². The number of carbonyl (C=O) groups excluding carboxylic acids is 2. The molecule has 2 aromatic rings. The summed E-state index contributed by atoms with van der Waals surface area (Å²) >= 11 is 0. The number of non-ortho nitro benzene ring substituents is 1. The standard InChI is InChI=1S/C17H14FN3O4/c18-12-4-6-14(7-5-12)20-10-13(9-16(20)22)19-17(23)11-2-1-3-15(8-11)21(24)25/h1-8,13H,9-10H2,(H,19,23)/t13-/m1/s1. The second-order valence-electron chi connectivity index (χ2n) is 5.66. The number of nitrogens with one attached hydrogen (secondary N) is 1. The van der Waals surface area contributed by atoms with Crippen LogP contribution in [0.1, 0.15) is 16.8 Å². The Morgan fingerprint density at radius 2 is 1.96 bits per heavy atom. The SMILES string of the molecule is O=C(N[C@@H]1CC(=O)N(c2ccc(F)cc2)C1)c1cccc([N+](=O)[O-])c1. The highest BCUT2D eigenvalue weighted by Crippen LogP contribution is 2.22. The second-order valence-corrected chi connectivity index (χ2v) is 5.66. The quantitative estimate of drug-likeness (QED) is 0.681. The van der Waals surface area contributed by atoms with E-state index in [9.17, 15) is 24.1 Å². The number of benzene rings is 2. The van der Waals surface area contributed by atoms with Crippen LogP contribution in [-0.4, -0.2) is 29.3 Å². The fraction of sp³-hybridized carbons (Fsp3) is 0.176. The maximum absolute atomic E-state index is 13.0. The molecule has 1 fully saturated rings. The molecule has 0 unspecified atom stereocenters. The van der Waals surface area contributed by atoms with E-state index in [0.717, 1.165) is 0 Å². The van der Waals surface area contributed by atoms with E-state index in [2.05, 4.69) is 5.32 Å². The number of hydrogen-bond acceptors (Lipinski definition) is 4. The third kappa shape index (κ3) is 3.63. The Balaban J connectivity index is 1.69. The number of hydrogen-bond donors (Lipinski definition) is 1. The van der Waals surface area contributed by atoms with Crippen LogP contribution in [0.2, 0.25) is 0 Å². The summed E-state index contributed by atoms with van der Waals surface area (Å²) in [6.07, 6.45) is 0.109. The Labute approximate surface area is 142 Å². The number of anilines is 1. The monoisotopic (exact) mass is 343 g/mol. The summed E-state index contributed by atoms with van der Waals surface area (Å²) in [5.41, 5.74) is 0.531. The van der Waals surface area contributed by atoms with Gasteiger partial charge in [-0.15, -0.1) is 0 Å². The van der Waals surface area contributed by atoms with Gasteiger partial charge in [0.25, 0.3) is 11.6 Å². The lowest BCUT2D eigenvalue weighted by Crippen LogP contribution is -2.37. The van der Waals surface area contributed by atoms with Crippen molar-refractivity contribution in [1.29, 1.82) is 0 Å². The van der Waals surface area contributed by atoms with Crippen molar-refractivity contribution in [3.05, 3.63) is 70.0 Å². The molecule has 0 saturated carbocycles. The molecule has 0 radical (unpaired) electrons. The van der Waals surface area contributed by atoms with Gasteiger partial charge < -0.3 is 10.2 Å². The third-order valence-electron chi connectivity index (χ3n) is 3.92. The number of nitro benzene ring substituents is 1. The fourth-order valence-electron chi connectivity index (χ4n) is 2.70. The number of nitrogens with zero attached hydrogens (tertiary/aromatic N) is 2. The summed E-state index contributed by atoms with van der Waals surface area (Å²) in [5.74, 6) is -1.07. The van der Waals surface area contributed by atoms with E-state index >= 15 is 0 Å². The lowest BCUT2D eigenvalue weighted by molar-refractivity contribution is -0.384. The summed E-state index contributed by atoms with van der Waals surface area (Å²) < 4.78 is 13.0. The topological polar surface area (TPSA) is 92.6 Å². The highest BCUT2D eigenvalue weighted by Gasteiger charge is 2.31. The molecule has 1 heterocycles. The number of nitro groups is 1. The normalized spacial score (nSPS) is 16.8. The van der Waals surface area contributed by atoms with Gasteiger partial charge in [-0.05, 0) is 30.3 Å². The first-order chi connectivity index (χ1) is 11.9. The lowest BCUT2D eigenvalue weighted by Gasteiger charge is -2.17. The first-order valence-corrected chi connectivity index (χ1v) is 7.55. The van der Waals surface area contributed by atoms with Crippen LogP contribution in [0.4, 0.5) is 15.8 Å². The highest BCUT2D eigenvalue weighted by atomic mass is 19.1. The van der Waals surface area contributed by atoms with Gasteiger partial charge in [-0.3, -0.25) is 19.7 Å². The third-order valence-corrected chi connectivity index (χ3v) is 3.92. The lowest BCUT2D eigenvalue weighted by atomic mass is 10.1. The smallest absolute Gasteiger partial charge is 0.270 e. The van der Waals surface area contributed by atoms with Crippen LogP contribution in [0.5, 0.6) is 0 Å². The molecule has 0 aromatic heterocycles. The minimum Gasteiger partial charge on any atom is -0.347 e. The second kappa shape index (κ2) is 6.68. The molecule has 1 atom stereocenters. The van der Waals surface area contributed by atoms with E-state index < -0.39 is 22.7 Å². The molecule has 3 rings (SSSR count). The van der Waals surface area contributed by atoms with Crippen LogP contribution >= 0.6 is 0 Å². The van der Waals surface area contributed by atoms with E-state index in [1.54, 1.807) is 0 Å². The fourth-order valence-corrected chi connectivity index (χ4v) is 2.70. The minimum absolute atomic E-state index is 0.109. The molecule has 2 aromatic carbocycles. The van der Waals surface area contributed by atoms with Crippen LogP contribution in [0.15, 0.2) is 48.5 Å². The van der Waals surface area contributed by atoms with Gasteiger partial charge in [-0.25, -0.2) is 4.39 Å². The summed E-state index contributed by atoms with van der Waals surface area (Å²) in [5, 5.41) is 13.5. The zero-order chi connectivity index (χ0) is 18.0. The summed E-state index contributed by atoms with van der Waals surface area (Å²) in [4.78, 5) is 36.1. The van der Waals surface area contributed by atoms with Crippen molar-refractivity contribution in [1.82, 2.24) is 5.32 Å². The Bertz CT molecular complexity index is 838. The largest absolute Gasteiger partial charge is 0.347 e. The molecule has 7 nitrogen and oxygen atoms in total. The number of amides is 2. The molecule has 2 amide bonds. The molecule has 1 saturated heterocycles. The van der Waals surface area contributed by atoms with Crippen molar-refractivity contribution in [2.45, 2.75) is 12.5 Å². The minimum atomic E-state index is -0.577. The van der Waals surface area contributed by atoms with Gasteiger partial charge in [0.05, 0.1) is 11.0 Å². The van der Waals surface area contributed by atoms with Crippen LogP contribution in [0.25, 0.3) is 0 Å². The molecule has 1 aliphatic rings. The van der Waals surface area contributed by atoms with Gasteiger partial charge >= 0.3 is 0 Å². The van der Waals surface area contributed by atoms with E-state index in [4.69, 9.17) is 0 Å². The molecule has 0 bridgehead atoms. The van der Waals surface area contributed by atoms with Gasteiger partial charge in [0.15, 0.2) is 0 Å². The van der Waals surface area contributed by atoms with Gasteiger partial charge in [0.1, 0.15) is 5.82 Å². The molecular weight excluding hydrogens is 329 g/mol. The Kier molecular flexibility index (Phi) is 4.42. The van der Waals surface area contributed by atoms with Crippen molar-refractivity contribution < 1.29 is 18.9 Å². The maximum atomic E-state index is 13.0. The van der Waals surface area contributed by atoms with Crippen molar-refractivity contribution in [2.24, 2.45) is 0 Å². The molecule has 0 aliphatic carbocycles. The average molecular weight is 343 g/mol. The van der Waals surface area contributed by atoms with Crippen molar-refractivity contribution >= 4 is 23.2 Å². The van der Waals surface area contributed by atoms with Crippen LogP contribution in [0, 0.1) is 15.9 Å². The van der Waals surface area contributed by atoms with Crippen molar-refractivity contribution in [3.8, 4) is 0 Å². The van der Waals surface area contributed by atoms with Gasteiger partial charge in [0, 0.05) is 36.3 Å². The Morgan fingerprint density at radius 1 is 1.24 bits per heavy atom. The zero-order valence-electron chi connectivity index (χ0n) is 13.0. The molecule has 0 spiro atoms. The predicted molar refractivity (Wildman–Crippen MR) is 87.7 cm³/mol. The number of carbonyl (C=O) groups is 2. The van der Waals surface area contributed by atoms with Crippen LogP contribution in [-0.2, 0) is 4.79 Å². The van der Waals surface area contributed by atoms with Gasteiger partial charge in [-0.1, -0.05) is 6.07 Å². The molecule has 1 aliphatic heterocycles. The summed E-state index contributed by atoms with van der Waals surface area (Å²) in [7, 11) is 0. The predicted octanol–water partition coefficient (Wildman–Crippen LogP) is 2.27.